The fourth-order valence-electron chi connectivity index (χ4n) is 3.20. The number of piperidine rings is 1. The van der Waals surface area contributed by atoms with Crippen molar-refractivity contribution in [3.8, 4) is 6.07 Å². The van der Waals surface area contributed by atoms with Gasteiger partial charge in [-0.3, -0.25) is 13.9 Å². The second-order valence-electron chi connectivity index (χ2n) is 6.09. The molecule has 1 saturated heterocycles. The zero-order valence-electron chi connectivity index (χ0n) is 13.9. The van der Waals surface area contributed by atoms with Crippen LogP contribution in [0.1, 0.15) is 34.2 Å². The minimum Gasteiger partial charge on any atom is -0.357 e. The van der Waals surface area contributed by atoms with E-state index in [2.05, 4.69) is 4.98 Å². The van der Waals surface area contributed by atoms with Crippen molar-refractivity contribution in [1.29, 1.82) is 5.26 Å². The van der Waals surface area contributed by atoms with E-state index in [0.717, 1.165) is 22.4 Å². The Morgan fingerprint density at radius 2 is 1.92 bits per heavy atom. The van der Waals surface area contributed by atoms with Gasteiger partial charge in [0.15, 0.2) is 5.56 Å². The number of aromatic nitrogens is 3. The molecular weight excluding hydrogens is 326 g/mol. The first-order valence-corrected chi connectivity index (χ1v) is 8.63. The molecule has 7 nitrogen and oxygen atoms in total. The summed E-state index contributed by atoms with van der Waals surface area (Å²) in [5.41, 5.74) is -0.914. The lowest BCUT2D eigenvalue weighted by Crippen LogP contribution is -2.44. The normalized spacial score (nSPS) is 15.5. The molecule has 0 saturated carbocycles. The van der Waals surface area contributed by atoms with Gasteiger partial charge in [-0.15, -0.1) is 11.3 Å². The van der Waals surface area contributed by atoms with Crippen LogP contribution in [-0.4, -0.2) is 27.2 Å². The van der Waals surface area contributed by atoms with Crippen LogP contribution >= 0.6 is 11.3 Å². The topological polar surface area (TPSA) is 83.9 Å². The zero-order valence-corrected chi connectivity index (χ0v) is 14.8. The highest BCUT2D eigenvalue weighted by Crippen LogP contribution is 2.32. The van der Waals surface area contributed by atoms with E-state index < -0.39 is 11.2 Å². The second kappa shape index (κ2) is 6.24. The van der Waals surface area contributed by atoms with Crippen LogP contribution in [0.4, 0.5) is 5.82 Å². The Labute approximate surface area is 143 Å². The molecular formula is C16H19N5O2S. The lowest BCUT2D eigenvalue weighted by Gasteiger charge is -2.34. The number of hydrogen-bond acceptors (Lipinski definition) is 6. The quantitative estimate of drug-likeness (QED) is 0.814. The van der Waals surface area contributed by atoms with Gasteiger partial charge >= 0.3 is 5.69 Å². The molecule has 0 atom stereocenters. The predicted octanol–water partition coefficient (Wildman–Crippen LogP) is 1.10. The van der Waals surface area contributed by atoms with Crippen LogP contribution in [0, 0.1) is 18.3 Å². The van der Waals surface area contributed by atoms with Crippen LogP contribution in [0.25, 0.3) is 0 Å². The fraction of sp³-hybridized carbons (Fsp3) is 0.500. The summed E-state index contributed by atoms with van der Waals surface area (Å²) in [7, 11) is 3.00. The van der Waals surface area contributed by atoms with Gasteiger partial charge in [0.1, 0.15) is 11.9 Å². The van der Waals surface area contributed by atoms with Gasteiger partial charge < -0.3 is 4.90 Å². The van der Waals surface area contributed by atoms with E-state index in [1.54, 1.807) is 18.4 Å². The van der Waals surface area contributed by atoms with Crippen LogP contribution in [0.2, 0.25) is 0 Å². The standard InChI is InChI=1S/C16H19N5O2S/c1-10-9-18-13(24-10)11-4-6-21(7-5-11)14-12(8-17)15(22)20(3)16(23)19(14)2/h9,11H,4-7H2,1-3H3. The van der Waals surface area contributed by atoms with E-state index in [1.807, 2.05) is 24.1 Å². The highest BCUT2D eigenvalue weighted by molar-refractivity contribution is 7.11. The molecule has 3 rings (SSSR count). The highest BCUT2D eigenvalue weighted by atomic mass is 32.1. The van der Waals surface area contributed by atoms with Crippen molar-refractivity contribution >= 4 is 17.2 Å². The van der Waals surface area contributed by atoms with Crippen molar-refractivity contribution in [3.63, 3.8) is 0 Å². The van der Waals surface area contributed by atoms with Crippen molar-refractivity contribution in [1.82, 2.24) is 14.1 Å². The van der Waals surface area contributed by atoms with Gasteiger partial charge in [-0.25, -0.2) is 9.78 Å². The number of thiazole rings is 1. The van der Waals surface area contributed by atoms with Crippen molar-refractivity contribution in [2.75, 3.05) is 18.0 Å². The minimum atomic E-state index is -0.534. The maximum atomic E-state index is 12.2. The molecule has 1 aliphatic heterocycles. The number of rotatable bonds is 2. The van der Waals surface area contributed by atoms with Crippen LogP contribution < -0.4 is 16.1 Å². The summed E-state index contributed by atoms with van der Waals surface area (Å²) in [6.45, 7) is 3.43. The first-order chi connectivity index (χ1) is 11.4. The highest BCUT2D eigenvalue weighted by Gasteiger charge is 2.27. The average molecular weight is 345 g/mol. The third-order valence-corrected chi connectivity index (χ3v) is 5.60. The monoisotopic (exact) mass is 345 g/mol. The molecule has 0 N–H and O–H groups in total. The summed E-state index contributed by atoms with van der Waals surface area (Å²) in [5.74, 6) is 0.827. The summed E-state index contributed by atoms with van der Waals surface area (Å²) in [6.07, 6.45) is 3.67. The van der Waals surface area contributed by atoms with E-state index in [-0.39, 0.29) is 5.56 Å². The molecule has 0 radical (unpaired) electrons. The van der Waals surface area contributed by atoms with Crippen LogP contribution in [-0.2, 0) is 14.1 Å². The number of hydrogen-bond donors (Lipinski definition) is 0. The largest absolute Gasteiger partial charge is 0.357 e. The third-order valence-electron chi connectivity index (χ3n) is 4.53. The molecule has 0 spiro atoms. The molecule has 8 heteroatoms. The molecule has 126 valence electrons. The number of nitriles is 1. The van der Waals surface area contributed by atoms with E-state index in [0.29, 0.717) is 24.8 Å². The summed E-state index contributed by atoms with van der Waals surface area (Å²) in [4.78, 5) is 32.0. The van der Waals surface area contributed by atoms with E-state index >= 15 is 0 Å². The van der Waals surface area contributed by atoms with Crippen molar-refractivity contribution in [3.05, 3.63) is 42.5 Å². The summed E-state index contributed by atoms with van der Waals surface area (Å²) >= 11 is 1.72. The van der Waals surface area contributed by atoms with Crippen molar-refractivity contribution < 1.29 is 0 Å². The Kier molecular flexibility index (Phi) is 4.28. The number of nitrogens with zero attached hydrogens (tertiary/aromatic N) is 5. The van der Waals surface area contributed by atoms with Gasteiger partial charge in [-0.05, 0) is 19.8 Å². The molecule has 1 aliphatic rings. The molecule has 0 aliphatic carbocycles. The van der Waals surface area contributed by atoms with Crippen molar-refractivity contribution in [2.45, 2.75) is 25.7 Å². The summed E-state index contributed by atoms with van der Waals surface area (Å²) in [6, 6.07) is 1.97. The number of aryl methyl sites for hydroxylation is 1. The maximum absolute atomic E-state index is 12.2. The Morgan fingerprint density at radius 1 is 1.25 bits per heavy atom. The third kappa shape index (κ3) is 2.65. The lowest BCUT2D eigenvalue weighted by atomic mass is 9.97. The maximum Gasteiger partial charge on any atom is 0.332 e. The molecule has 1 fully saturated rings. The molecule has 3 heterocycles. The van der Waals surface area contributed by atoms with Crippen LogP contribution in [0.3, 0.4) is 0 Å². The average Bonchev–Trinajstić information content (AvgIpc) is 3.02. The van der Waals surface area contributed by atoms with Gasteiger partial charge in [0, 0.05) is 44.2 Å². The molecule has 0 unspecified atom stereocenters. The van der Waals surface area contributed by atoms with E-state index in [1.165, 1.54) is 16.5 Å². The molecule has 2 aromatic heterocycles. The second-order valence-corrected chi connectivity index (χ2v) is 7.35. The fourth-order valence-corrected chi connectivity index (χ4v) is 4.14. The van der Waals surface area contributed by atoms with E-state index in [9.17, 15) is 14.9 Å². The van der Waals surface area contributed by atoms with Crippen LogP contribution in [0.5, 0.6) is 0 Å². The minimum absolute atomic E-state index is 0.0307. The van der Waals surface area contributed by atoms with Gasteiger partial charge in [0.25, 0.3) is 5.56 Å². The zero-order chi connectivity index (χ0) is 17.4. The van der Waals surface area contributed by atoms with Gasteiger partial charge in [0.05, 0.1) is 5.01 Å². The SMILES string of the molecule is Cc1cnc(C2CCN(c3c(C#N)c(=O)n(C)c(=O)n3C)CC2)s1. The lowest BCUT2D eigenvalue weighted by molar-refractivity contribution is 0.492. The Hall–Kier alpha value is -2.40. The van der Waals surface area contributed by atoms with Gasteiger partial charge in [-0.1, -0.05) is 0 Å². The molecule has 0 bridgehead atoms. The molecule has 0 aromatic carbocycles. The Balaban J connectivity index is 1.91. The Bertz CT molecular complexity index is 925. The van der Waals surface area contributed by atoms with Crippen LogP contribution in [0.15, 0.2) is 15.8 Å². The first-order valence-electron chi connectivity index (χ1n) is 7.81. The summed E-state index contributed by atoms with van der Waals surface area (Å²) in [5, 5.41) is 10.5. The summed E-state index contributed by atoms with van der Waals surface area (Å²) < 4.78 is 2.38. The molecule has 24 heavy (non-hydrogen) atoms. The smallest absolute Gasteiger partial charge is 0.332 e. The Morgan fingerprint density at radius 3 is 2.46 bits per heavy atom. The number of anilines is 1. The van der Waals surface area contributed by atoms with E-state index in [4.69, 9.17) is 0 Å². The predicted molar refractivity (Wildman–Crippen MR) is 92.7 cm³/mol. The van der Waals surface area contributed by atoms with Crippen molar-refractivity contribution in [2.24, 2.45) is 14.1 Å². The van der Waals surface area contributed by atoms with Gasteiger partial charge in [-0.2, -0.15) is 5.26 Å². The molecule has 2 aromatic rings. The first kappa shape index (κ1) is 16.5. The molecule has 0 amide bonds. The van der Waals surface area contributed by atoms with Gasteiger partial charge in [0.2, 0.25) is 0 Å².